The van der Waals surface area contributed by atoms with Crippen LogP contribution in [0.2, 0.25) is 0 Å². The number of carbonyl (C=O) groups is 3. The third kappa shape index (κ3) is 14.4. The van der Waals surface area contributed by atoms with Gasteiger partial charge in [0.2, 0.25) is 5.91 Å². The number of rotatable bonds is 20. The van der Waals surface area contributed by atoms with Gasteiger partial charge in [0.1, 0.15) is 12.7 Å². The Labute approximate surface area is 216 Å². The second kappa shape index (κ2) is 19.0. The second-order valence-corrected chi connectivity index (χ2v) is 9.58. The maximum atomic E-state index is 12.4. The lowest BCUT2D eigenvalue weighted by Crippen LogP contribution is -2.38. The lowest BCUT2D eigenvalue weighted by atomic mass is 10.2. The van der Waals surface area contributed by atoms with Crippen LogP contribution in [0.1, 0.15) is 65.2 Å². The van der Waals surface area contributed by atoms with Crippen LogP contribution in [0.4, 0.5) is 5.82 Å². The molecule has 0 saturated carbocycles. The predicted molar refractivity (Wildman–Crippen MR) is 136 cm³/mol. The summed E-state index contributed by atoms with van der Waals surface area (Å²) in [4.78, 5) is 36.5. The number of ether oxygens (including phenoxy) is 2. The number of nitrogens with one attached hydrogen (secondary N) is 1. The summed E-state index contributed by atoms with van der Waals surface area (Å²) >= 11 is 1.31. The molecule has 0 aliphatic carbocycles. The number of amides is 1. The van der Waals surface area contributed by atoms with Gasteiger partial charge in [-0.25, -0.2) is 4.68 Å². The minimum Gasteiger partial charge on any atom is -0.462 e. The number of unbranched alkanes of at least 4 members (excludes halogenated alkanes) is 4. The van der Waals surface area contributed by atoms with Crippen molar-refractivity contribution in [2.45, 2.75) is 90.0 Å². The maximum Gasteiger partial charge on any atom is 0.306 e. The molecule has 12 nitrogen and oxygen atoms in total. The fraction of sp³-hybridized carbons (Fsp3) is 0.783. The fourth-order valence-electron chi connectivity index (χ4n) is 3.00. The molecule has 36 heavy (non-hydrogen) atoms. The zero-order valence-electron chi connectivity index (χ0n) is 21.3. The highest BCUT2D eigenvalue weighted by Gasteiger charge is 2.20. The summed E-state index contributed by atoms with van der Waals surface area (Å²) in [5.74, 6) is -0.425. The van der Waals surface area contributed by atoms with Gasteiger partial charge in [0, 0.05) is 24.3 Å². The molecule has 1 heterocycles. The fourth-order valence-corrected chi connectivity index (χ4v) is 3.97. The molecule has 1 amide bonds. The summed E-state index contributed by atoms with van der Waals surface area (Å²) in [6.45, 7) is 3.67. The number of hydrogen-bond donors (Lipinski definition) is 4. The Bertz CT molecular complexity index is 780. The molecule has 0 aromatic carbocycles. The third-order valence-electron chi connectivity index (χ3n) is 5.03. The molecule has 13 heteroatoms. The maximum absolute atomic E-state index is 12.4. The van der Waals surface area contributed by atoms with E-state index in [0.717, 1.165) is 38.5 Å². The molecule has 0 bridgehead atoms. The Morgan fingerprint density at radius 3 is 2.42 bits per heavy atom. The van der Waals surface area contributed by atoms with Crippen LogP contribution in [0.25, 0.3) is 0 Å². The van der Waals surface area contributed by atoms with Crippen LogP contribution in [-0.4, -0.2) is 86.0 Å². The monoisotopic (exact) mass is 531 g/mol. The van der Waals surface area contributed by atoms with E-state index in [1.54, 1.807) is 0 Å². The Hall–Kier alpha value is -2.22. The van der Waals surface area contributed by atoms with Crippen LogP contribution in [0.5, 0.6) is 0 Å². The predicted octanol–water partition coefficient (Wildman–Crippen LogP) is 1.25. The Morgan fingerprint density at radius 2 is 1.78 bits per heavy atom. The molecule has 0 aliphatic heterocycles. The largest absolute Gasteiger partial charge is 0.462 e. The van der Waals surface area contributed by atoms with Crippen LogP contribution in [0.3, 0.4) is 0 Å². The molecule has 0 radical (unpaired) electrons. The van der Waals surface area contributed by atoms with Gasteiger partial charge in [-0.2, -0.15) is 11.8 Å². The van der Waals surface area contributed by atoms with Gasteiger partial charge in [-0.15, -0.1) is 5.10 Å². The first-order valence-corrected chi connectivity index (χ1v) is 13.6. The number of aliphatic hydroxyl groups excluding tert-OH is 2. The van der Waals surface area contributed by atoms with Gasteiger partial charge in [0.15, 0.2) is 5.82 Å². The number of nitrogens with two attached hydrogens (primary N) is 1. The first-order chi connectivity index (χ1) is 17.3. The standard InChI is InChI=1S/C23H41N5O7S/c1-3-5-7-9-21(31)34-14-18(35-22(32)10-8-6-4-2)15-36-16-19(24)23(33)25-20-12-28(27-26-20)11-17(30)13-29/h12,17-19,29-30H,3-11,13-16,24H2,1-2H3,(H,25,33)/t17-,18-,19-/m1/s1. The average molecular weight is 532 g/mol. The van der Waals surface area contributed by atoms with Crippen molar-refractivity contribution in [3.63, 3.8) is 0 Å². The van der Waals surface area contributed by atoms with E-state index in [1.165, 1.54) is 22.6 Å². The highest BCUT2D eigenvalue weighted by molar-refractivity contribution is 7.99. The molecular weight excluding hydrogens is 490 g/mol. The Morgan fingerprint density at radius 1 is 1.11 bits per heavy atom. The van der Waals surface area contributed by atoms with E-state index in [2.05, 4.69) is 22.6 Å². The number of aliphatic hydroxyl groups is 2. The average Bonchev–Trinajstić information content (AvgIpc) is 3.28. The molecular formula is C23H41N5O7S. The zero-order chi connectivity index (χ0) is 26.8. The van der Waals surface area contributed by atoms with Gasteiger partial charge < -0.3 is 30.7 Å². The molecule has 0 aliphatic rings. The van der Waals surface area contributed by atoms with Crippen molar-refractivity contribution in [1.29, 1.82) is 0 Å². The van der Waals surface area contributed by atoms with Crippen molar-refractivity contribution in [1.82, 2.24) is 15.0 Å². The van der Waals surface area contributed by atoms with Crippen molar-refractivity contribution in [3.05, 3.63) is 6.20 Å². The van der Waals surface area contributed by atoms with E-state index < -0.39 is 30.8 Å². The molecule has 1 aromatic rings. The van der Waals surface area contributed by atoms with Crippen molar-refractivity contribution in [3.8, 4) is 0 Å². The first kappa shape index (κ1) is 31.8. The molecule has 1 aromatic heterocycles. The summed E-state index contributed by atoms with van der Waals surface area (Å²) in [6.07, 6.45) is 5.78. The highest BCUT2D eigenvalue weighted by Crippen LogP contribution is 2.12. The van der Waals surface area contributed by atoms with Crippen LogP contribution >= 0.6 is 11.8 Å². The number of thioether (sulfide) groups is 1. The number of hydrogen-bond acceptors (Lipinski definition) is 11. The Balaban J connectivity index is 2.51. The molecule has 0 unspecified atom stereocenters. The van der Waals surface area contributed by atoms with Crippen molar-refractivity contribution >= 4 is 35.4 Å². The second-order valence-electron chi connectivity index (χ2n) is 8.50. The summed E-state index contributed by atoms with van der Waals surface area (Å²) in [5, 5.41) is 28.4. The minimum atomic E-state index is -0.988. The van der Waals surface area contributed by atoms with Crippen LogP contribution in [0, 0.1) is 0 Å². The summed E-state index contributed by atoms with van der Waals surface area (Å²) in [7, 11) is 0. The molecule has 0 saturated heterocycles. The molecule has 0 fully saturated rings. The van der Waals surface area contributed by atoms with E-state index in [1.807, 2.05) is 6.92 Å². The van der Waals surface area contributed by atoms with Gasteiger partial charge in [-0.05, 0) is 12.8 Å². The molecule has 0 spiro atoms. The SMILES string of the molecule is CCCCCC(=O)OC[C@H](CSC[C@@H](N)C(=O)Nc1cn(C[C@@H](O)CO)nn1)OC(=O)CCCCC. The van der Waals surface area contributed by atoms with Crippen molar-refractivity contribution < 1.29 is 34.1 Å². The van der Waals surface area contributed by atoms with Crippen LogP contribution in [-0.2, 0) is 30.4 Å². The van der Waals surface area contributed by atoms with Crippen molar-refractivity contribution in [2.75, 3.05) is 30.0 Å². The normalized spacial score (nSPS) is 13.6. The topological polar surface area (TPSA) is 179 Å². The van der Waals surface area contributed by atoms with E-state index in [-0.39, 0.29) is 36.7 Å². The van der Waals surface area contributed by atoms with Gasteiger partial charge in [-0.3, -0.25) is 14.4 Å². The number of esters is 2. The summed E-state index contributed by atoms with van der Waals surface area (Å²) in [6, 6.07) is -0.874. The number of carbonyl (C=O) groups excluding carboxylic acids is 3. The molecule has 5 N–H and O–H groups in total. The molecule has 206 valence electrons. The van der Waals surface area contributed by atoms with E-state index in [0.29, 0.717) is 18.6 Å². The van der Waals surface area contributed by atoms with Gasteiger partial charge in [-0.1, -0.05) is 44.7 Å². The molecule has 1 rings (SSSR count). The van der Waals surface area contributed by atoms with Gasteiger partial charge in [0.05, 0.1) is 31.5 Å². The lowest BCUT2D eigenvalue weighted by molar-refractivity contribution is -0.157. The quantitative estimate of drug-likeness (QED) is 0.140. The molecule has 3 atom stereocenters. The summed E-state index contributed by atoms with van der Waals surface area (Å²) in [5.41, 5.74) is 5.98. The van der Waals surface area contributed by atoms with E-state index in [9.17, 15) is 19.5 Å². The summed E-state index contributed by atoms with van der Waals surface area (Å²) < 4.78 is 12.1. The highest BCUT2D eigenvalue weighted by atomic mass is 32.2. The van der Waals surface area contributed by atoms with Gasteiger partial charge in [0.25, 0.3) is 0 Å². The smallest absolute Gasteiger partial charge is 0.306 e. The number of nitrogens with zero attached hydrogens (tertiary/aromatic N) is 3. The third-order valence-corrected chi connectivity index (χ3v) is 6.24. The van der Waals surface area contributed by atoms with Crippen molar-refractivity contribution in [2.24, 2.45) is 5.73 Å². The zero-order valence-corrected chi connectivity index (χ0v) is 22.1. The number of anilines is 1. The number of aromatic nitrogens is 3. The minimum absolute atomic E-state index is 0.0308. The Kier molecular flexibility index (Phi) is 16.8. The van der Waals surface area contributed by atoms with E-state index in [4.69, 9.17) is 20.3 Å². The first-order valence-electron chi connectivity index (χ1n) is 12.5. The van der Waals surface area contributed by atoms with E-state index >= 15 is 0 Å². The van der Waals surface area contributed by atoms with Crippen LogP contribution < -0.4 is 11.1 Å². The van der Waals surface area contributed by atoms with Crippen LogP contribution in [0.15, 0.2) is 6.20 Å². The lowest BCUT2D eigenvalue weighted by Gasteiger charge is -2.19. The van der Waals surface area contributed by atoms with Gasteiger partial charge >= 0.3 is 11.9 Å².